The standard InChI is InChI=1S/C16H12O2S2/c1-9(17)11-7-8-14-16(15(11)10(2)18)20-13-6-4-3-5-12(13)19-14/h3-8H,1-2H3. The highest BCUT2D eigenvalue weighted by Crippen LogP contribution is 2.50. The van der Waals surface area contributed by atoms with Crippen molar-refractivity contribution in [1.82, 2.24) is 0 Å². The molecule has 2 nitrogen and oxygen atoms in total. The molecule has 0 N–H and O–H groups in total. The minimum absolute atomic E-state index is 0.0560. The molecule has 0 fully saturated rings. The maximum absolute atomic E-state index is 12.0. The summed E-state index contributed by atoms with van der Waals surface area (Å²) in [6, 6.07) is 11.8. The van der Waals surface area contributed by atoms with E-state index in [1.807, 2.05) is 24.3 Å². The van der Waals surface area contributed by atoms with E-state index in [-0.39, 0.29) is 11.6 Å². The molecule has 0 aromatic heterocycles. The molecule has 1 aliphatic heterocycles. The zero-order chi connectivity index (χ0) is 14.3. The van der Waals surface area contributed by atoms with Crippen LogP contribution in [0.3, 0.4) is 0 Å². The van der Waals surface area contributed by atoms with E-state index in [4.69, 9.17) is 0 Å². The first-order valence-corrected chi connectivity index (χ1v) is 7.85. The van der Waals surface area contributed by atoms with E-state index in [2.05, 4.69) is 6.07 Å². The van der Waals surface area contributed by atoms with Crippen LogP contribution in [0.5, 0.6) is 0 Å². The van der Waals surface area contributed by atoms with Crippen molar-refractivity contribution in [2.24, 2.45) is 0 Å². The number of hydrogen-bond donors (Lipinski definition) is 0. The van der Waals surface area contributed by atoms with Gasteiger partial charge in [0.05, 0.1) is 0 Å². The molecule has 0 bridgehead atoms. The third kappa shape index (κ3) is 2.19. The molecule has 4 heteroatoms. The van der Waals surface area contributed by atoms with E-state index in [1.54, 1.807) is 29.6 Å². The highest BCUT2D eigenvalue weighted by molar-refractivity contribution is 8.05. The number of carbonyl (C=O) groups is 2. The fourth-order valence-corrected chi connectivity index (χ4v) is 4.68. The molecule has 0 aliphatic carbocycles. The van der Waals surface area contributed by atoms with Gasteiger partial charge in [-0.3, -0.25) is 9.59 Å². The second-order valence-electron chi connectivity index (χ2n) is 4.58. The molecule has 2 aromatic carbocycles. The second kappa shape index (κ2) is 5.11. The number of fused-ring (bicyclic) bond motifs is 2. The zero-order valence-corrected chi connectivity index (χ0v) is 12.7. The summed E-state index contributed by atoms with van der Waals surface area (Å²) < 4.78 is 0. The Labute approximate surface area is 126 Å². The normalized spacial score (nSPS) is 12.5. The van der Waals surface area contributed by atoms with Gasteiger partial charge in [-0.25, -0.2) is 0 Å². The van der Waals surface area contributed by atoms with Gasteiger partial charge in [-0.2, -0.15) is 0 Å². The van der Waals surface area contributed by atoms with Gasteiger partial charge in [-0.15, -0.1) is 0 Å². The highest BCUT2D eigenvalue weighted by Gasteiger charge is 2.24. The predicted octanol–water partition coefficient (Wildman–Crippen LogP) is 4.71. The van der Waals surface area contributed by atoms with Crippen LogP contribution in [0.4, 0.5) is 0 Å². The van der Waals surface area contributed by atoms with Crippen LogP contribution in [-0.4, -0.2) is 11.6 Å². The largest absolute Gasteiger partial charge is 0.294 e. The molecule has 1 aliphatic rings. The number of Topliss-reactive ketones (excluding diaryl/α,β-unsaturated/α-hetero) is 2. The molecule has 0 saturated heterocycles. The molecule has 3 rings (SSSR count). The van der Waals surface area contributed by atoms with Gasteiger partial charge in [0.2, 0.25) is 0 Å². The highest BCUT2D eigenvalue weighted by atomic mass is 32.2. The van der Waals surface area contributed by atoms with Gasteiger partial charge >= 0.3 is 0 Å². The van der Waals surface area contributed by atoms with Crippen molar-refractivity contribution in [3.8, 4) is 0 Å². The summed E-state index contributed by atoms with van der Waals surface area (Å²) in [5, 5.41) is 0. The topological polar surface area (TPSA) is 34.1 Å². The number of ketones is 2. The Kier molecular flexibility index (Phi) is 3.44. The van der Waals surface area contributed by atoms with Crippen LogP contribution in [0.25, 0.3) is 0 Å². The van der Waals surface area contributed by atoms with Crippen molar-refractivity contribution < 1.29 is 9.59 Å². The van der Waals surface area contributed by atoms with Crippen LogP contribution >= 0.6 is 23.5 Å². The molecule has 20 heavy (non-hydrogen) atoms. The van der Waals surface area contributed by atoms with Crippen LogP contribution in [0.1, 0.15) is 34.6 Å². The Morgan fingerprint density at radius 3 is 2.05 bits per heavy atom. The zero-order valence-electron chi connectivity index (χ0n) is 11.1. The maximum Gasteiger partial charge on any atom is 0.161 e. The minimum Gasteiger partial charge on any atom is -0.294 e. The Morgan fingerprint density at radius 1 is 0.800 bits per heavy atom. The number of hydrogen-bond acceptors (Lipinski definition) is 4. The Balaban J connectivity index is 2.21. The van der Waals surface area contributed by atoms with Gasteiger partial charge < -0.3 is 0 Å². The van der Waals surface area contributed by atoms with Gasteiger partial charge in [0.25, 0.3) is 0 Å². The quantitative estimate of drug-likeness (QED) is 0.642. The van der Waals surface area contributed by atoms with Crippen LogP contribution in [0.2, 0.25) is 0 Å². The Hall–Kier alpha value is -1.52. The molecule has 0 amide bonds. The molecular formula is C16H12O2S2. The van der Waals surface area contributed by atoms with E-state index < -0.39 is 0 Å². The summed E-state index contributed by atoms with van der Waals surface area (Å²) in [5.74, 6) is -0.123. The molecule has 0 saturated carbocycles. The van der Waals surface area contributed by atoms with Crippen LogP contribution in [-0.2, 0) is 0 Å². The fourth-order valence-electron chi connectivity index (χ4n) is 2.24. The molecule has 0 radical (unpaired) electrons. The molecule has 0 unspecified atom stereocenters. The molecule has 0 spiro atoms. The summed E-state index contributed by atoms with van der Waals surface area (Å²) in [5.41, 5.74) is 1.07. The first-order chi connectivity index (χ1) is 9.58. The molecule has 2 aromatic rings. The van der Waals surface area contributed by atoms with Crippen LogP contribution < -0.4 is 0 Å². The van der Waals surface area contributed by atoms with E-state index in [0.717, 1.165) is 14.7 Å². The molecule has 1 heterocycles. The van der Waals surface area contributed by atoms with E-state index in [1.165, 1.54) is 18.7 Å². The van der Waals surface area contributed by atoms with Crippen molar-refractivity contribution in [3.05, 3.63) is 47.5 Å². The smallest absolute Gasteiger partial charge is 0.161 e. The number of rotatable bonds is 2. The van der Waals surface area contributed by atoms with Gasteiger partial charge in [0, 0.05) is 30.7 Å². The van der Waals surface area contributed by atoms with Crippen molar-refractivity contribution in [2.75, 3.05) is 0 Å². The van der Waals surface area contributed by atoms with Gasteiger partial charge in [-0.1, -0.05) is 35.7 Å². The SMILES string of the molecule is CC(=O)c1ccc2c(c1C(C)=O)Sc1ccccc1S2. The van der Waals surface area contributed by atoms with Gasteiger partial charge in [-0.05, 0) is 38.1 Å². The first kappa shape index (κ1) is 13.5. The van der Waals surface area contributed by atoms with Crippen LogP contribution in [0.15, 0.2) is 56.0 Å². The summed E-state index contributed by atoms with van der Waals surface area (Å²) in [6.45, 7) is 3.02. The molecule has 100 valence electrons. The van der Waals surface area contributed by atoms with Crippen LogP contribution in [0, 0.1) is 0 Å². The van der Waals surface area contributed by atoms with Gasteiger partial charge in [0.1, 0.15) is 0 Å². The maximum atomic E-state index is 12.0. The third-order valence-corrected chi connectivity index (χ3v) is 5.73. The average Bonchev–Trinajstić information content (AvgIpc) is 2.43. The monoisotopic (exact) mass is 300 g/mol. The Morgan fingerprint density at radius 2 is 1.45 bits per heavy atom. The third-order valence-electron chi connectivity index (χ3n) is 3.13. The lowest BCUT2D eigenvalue weighted by Gasteiger charge is -2.21. The predicted molar refractivity (Wildman–Crippen MR) is 81.1 cm³/mol. The van der Waals surface area contributed by atoms with E-state index >= 15 is 0 Å². The minimum atomic E-state index is -0.0672. The summed E-state index contributed by atoms with van der Waals surface area (Å²) in [6.07, 6.45) is 0. The molecule has 0 atom stereocenters. The number of benzene rings is 2. The Bertz CT molecular complexity index is 735. The van der Waals surface area contributed by atoms with Crippen molar-refractivity contribution in [1.29, 1.82) is 0 Å². The fraction of sp³-hybridized carbons (Fsp3) is 0.125. The van der Waals surface area contributed by atoms with Crippen molar-refractivity contribution in [3.63, 3.8) is 0 Å². The van der Waals surface area contributed by atoms with Crippen molar-refractivity contribution in [2.45, 2.75) is 33.4 Å². The van der Waals surface area contributed by atoms with Gasteiger partial charge in [0.15, 0.2) is 11.6 Å². The van der Waals surface area contributed by atoms with Crippen molar-refractivity contribution >= 4 is 35.1 Å². The molecular weight excluding hydrogens is 288 g/mol. The lowest BCUT2D eigenvalue weighted by molar-refractivity contribution is 0.0978. The summed E-state index contributed by atoms with van der Waals surface area (Å²) >= 11 is 3.23. The summed E-state index contributed by atoms with van der Waals surface area (Å²) in [7, 11) is 0. The summed E-state index contributed by atoms with van der Waals surface area (Å²) in [4.78, 5) is 28.0. The number of carbonyl (C=O) groups excluding carboxylic acids is 2. The van der Waals surface area contributed by atoms with E-state index in [9.17, 15) is 9.59 Å². The lowest BCUT2D eigenvalue weighted by atomic mass is 10.0. The first-order valence-electron chi connectivity index (χ1n) is 6.21. The van der Waals surface area contributed by atoms with E-state index in [0.29, 0.717) is 11.1 Å². The second-order valence-corrected chi connectivity index (χ2v) is 6.71. The lowest BCUT2D eigenvalue weighted by Crippen LogP contribution is -2.08. The average molecular weight is 300 g/mol.